The molecule has 3 nitrogen and oxygen atoms in total. The van der Waals surface area contributed by atoms with E-state index in [0.717, 1.165) is 13.0 Å². The number of nitrogens with two attached hydrogens (primary N) is 1. The van der Waals surface area contributed by atoms with Crippen LogP contribution in [0.25, 0.3) is 0 Å². The Morgan fingerprint density at radius 1 is 1.14 bits per heavy atom. The minimum atomic E-state index is 0.0758. The first-order chi connectivity index (χ1) is 6.90. The summed E-state index contributed by atoms with van der Waals surface area (Å²) in [5.74, 6) is 0.645. The van der Waals surface area contributed by atoms with E-state index in [-0.39, 0.29) is 12.4 Å². The highest BCUT2D eigenvalue weighted by atomic mass is 16.7. The zero-order valence-electron chi connectivity index (χ0n) is 8.78. The van der Waals surface area contributed by atoms with Crippen LogP contribution in [0.1, 0.15) is 38.5 Å². The van der Waals surface area contributed by atoms with Gasteiger partial charge in [-0.2, -0.15) is 0 Å². The molecule has 2 fully saturated rings. The van der Waals surface area contributed by atoms with Crippen LogP contribution >= 0.6 is 0 Å². The van der Waals surface area contributed by atoms with Gasteiger partial charge in [-0.25, -0.2) is 0 Å². The van der Waals surface area contributed by atoms with Crippen LogP contribution in [0, 0.1) is 5.92 Å². The molecule has 0 aromatic heterocycles. The van der Waals surface area contributed by atoms with Gasteiger partial charge in [0, 0.05) is 5.92 Å². The van der Waals surface area contributed by atoms with Crippen LogP contribution in [-0.4, -0.2) is 25.5 Å². The summed E-state index contributed by atoms with van der Waals surface area (Å²) >= 11 is 0. The van der Waals surface area contributed by atoms with Gasteiger partial charge in [-0.05, 0) is 25.8 Å². The summed E-state index contributed by atoms with van der Waals surface area (Å²) in [6, 6.07) is 0. The molecule has 14 heavy (non-hydrogen) atoms. The highest BCUT2D eigenvalue weighted by Crippen LogP contribution is 2.31. The predicted molar refractivity (Wildman–Crippen MR) is 54.9 cm³/mol. The number of rotatable bonds is 3. The van der Waals surface area contributed by atoms with Gasteiger partial charge < -0.3 is 15.2 Å². The molecule has 1 saturated heterocycles. The molecule has 0 aromatic rings. The lowest BCUT2D eigenvalue weighted by Crippen LogP contribution is -2.25. The molecule has 1 saturated carbocycles. The molecule has 2 N–H and O–H groups in total. The molecule has 0 aromatic carbocycles. The molecule has 1 aliphatic heterocycles. The van der Waals surface area contributed by atoms with Gasteiger partial charge in [-0.15, -0.1) is 0 Å². The van der Waals surface area contributed by atoms with Crippen molar-refractivity contribution < 1.29 is 9.47 Å². The quantitative estimate of drug-likeness (QED) is 0.751. The summed E-state index contributed by atoms with van der Waals surface area (Å²) in [4.78, 5) is 0. The maximum atomic E-state index is 5.84. The average molecular weight is 199 g/mol. The summed E-state index contributed by atoms with van der Waals surface area (Å²) in [7, 11) is 0. The Morgan fingerprint density at radius 3 is 2.64 bits per heavy atom. The van der Waals surface area contributed by atoms with Crippen LogP contribution in [0.5, 0.6) is 0 Å². The van der Waals surface area contributed by atoms with E-state index in [0.29, 0.717) is 12.5 Å². The van der Waals surface area contributed by atoms with E-state index in [1.807, 2.05) is 0 Å². The lowest BCUT2D eigenvalue weighted by atomic mass is 9.89. The Bertz CT molecular complexity index is 169. The van der Waals surface area contributed by atoms with Crippen molar-refractivity contribution in [3.05, 3.63) is 0 Å². The fourth-order valence-corrected chi connectivity index (χ4v) is 2.46. The second kappa shape index (κ2) is 5.10. The fourth-order valence-electron chi connectivity index (χ4n) is 2.46. The number of hydrogen-bond acceptors (Lipinski definition) is 3. The third kappa shape index (κ3) is 2.47. The molecule has 2 rings (SSSR count). The number of hydrogen-bond donors (Lipinski definition) is 1. The van der Waals surface area contributed by atoms with E-state index < -0.39 is 0 Å². The topological polar surface area (TPSA) is 44.5 Å². The first-order valence-electron chi connectivity index (χ1n) is 5.87. The number of ether oxygens (including phenoxy) is 2. The molecule has 0 radical (unpaired) electrons. The molecule has 0 amide bonds. The minimum absolute atomic E-state index is 0.0758. The SMILES string of the molecule is NCCC1COC(C2CCCCC2)O1. The van der Waals surface area contributed by atoms with E-state index in [9.17, 15) is 0 Å². The van der Waals surface area contributed by atoms with Crippen molar-refractivity contribution in [3.63, 3.8) is 0 Å². The van der Waals surface area contributed by atoms with Gasteiger partial charge in [0.1, 0.15) is 0 Å². The Labute approximate surface area is 85.9 Å². The van der Waals surface area contributed by atoms with E-state index in [1.54, 1.807) is 0 Å². The lowest BCUT2D eigenvalue weighted by Gasteiger charge is -2.26. The summed E-state index contributed by atoms with van der Waals surface area (Å²) < 4.78 is 11.5. The van der Waals surface area contributed by atoms with Crippen molar-refractivity contribution in [2.45, 2.75) is 50.9 Å². The maximum absolute atomic E-state index is 5.84. The van der Waals surface area contributed by atoms with E-state index in [4.69, 9.17) is 15.2 Å². The van der Waals surface area contributed by atoms with Crippen molar-refractivity contribution in [1.29, 1.82) is 0 Å². The van der Waals surface area contributed by atoms with Crippen molar-refractivity contribution >= 4 is 0 Å². The Hall–Kier alpha value is -0.120. The van der Waals surface area contributed by atoms with Crippen LogP contribution in [0.2, 0.25) is 0 Å². The highest BCUT2D eigenvalue weighted by molar-refractivity contribution is 4.74. The van der Waals surface area contributed by atoms with Crippen LogP contribution in [0.4, 0.5) is 0 Å². The molecule has 82 valence electrons. The van der Waals surface area contributed by atoms with Gasteiger partial charge in [0.15, 0.2) is 6.29 Å². The Morgan fingerprint density at radius 2 is 1.93 bits per heavy atom. The van der Waals surface area contributed by atoms with Crippen LogP contribution in [0.3, 0.4) is 0 Å². The van der Waals surface area contributed by atoms with Crippen LogP contribution in [-0.2, 0) is 9.47 Å². The molecule has 1 aliphatic carbocycles. The van der Waals surface area contributed by atoms with Crippen molar-refractivity contribution in [1.82, 2.24) is 0 Å². The Balaban J connectivity index is 1.76. The standard InChI is InChI=1S/C11H21NO2/c12-7-6-10-8-13-11(14-10)9-4-2-1-3-5-9/h9-11H,1-8,12H2. The van der Waals surface area contributed by atoms with Crippen molar-refractivity contribution in [3.8, 4) is 0 Å². The fraction of sp³-hybridized carbons (Fsp3) is 1.00. The molecule has 1 heterocycles. The largest absolute Gasteiger partial charge is 0.350 e. The zero-order chi connectivity index (χ0) is 9.80. The van der Waals surface area contributed by atoms with Crippen molar-refractivity contribution in [2.75, 3.05) is 13.2 Å². The van der Waals surface area contributed by atoms with Gasteiger partial charge in [0.25, 0.3) is 0 Å². The van der Waals surface area contributed by atoms with E-state index in [2.05, 4.69) is 0 Å². The highest BCUT2D eigenvalue weighted by Gasteiger charge is 2.32. The maximum Gasteiger partial charge on any atom is 0.160 e. The second-order valence-electron chi connectivity index (χ2n) is 4.44. The summed E-state index contributed by atoms with van der Waals surface area (Å²) in [6.07, 6.45) is 7.89. The smallest absolute Gasteiger partial charge is 0.160 e. The first kappa shape index (κ1) is 10.4. The molecule has 0 spiro atoms. The first-order valence-corrected chi connectivity index (χ1v) is 5.87. The van der Waals surface area contributed by atoms with Gasteiger partial charge in [0.05, 0.1) is 12.7 Å². The third-order valence-electron chi connectivity index (χ3n) is 3.30. The van der Waals surface area contributed by atoms with Gasteiger partial charge >= 0.3 is 0 Å². The second-order valence-corrected chi connectivity index (χ2v) is 4.44. The van der Waals surface area contributed by atoms with E-state index in [1.165, 1.54) is 32.1 Å². The monoisotopic (exact) mass is 199 g/mol. The molecular formula is C11H21NO2. The van der Waals surface area contributed by atoms with Crippen molar-refractivity contribution in [2.24, 2.45) is 11.7 Å². The summed E-state index contributed by atoms with van der Waals surface area (Å²) in [6.45, 7) is 1.45. The Kier molecular flexibility index (Phi) is 3.79. The van der Waals surface area contributed by atoms with Crippen LogP contribution in [0.15, 0.2) is 0 Å². The normalized spacial score (nSPS) is 34.9. The third-order valence-corrected chi connectivity index (χ3v) is 3.30. The molecule has 2 unspecified atom stereocenters. The van der Waals surface area contributed by atoms with Gasteiger partial charge in [-0.3, -0.25) is 0 Å². The molecule has 2 aliphatic rings. The molecule has 3 heteroatoms. The predicted octanol–water partition coefficient (Wildman–Crippen LogP) is 1.66. The summed E-state index contributed by atoms with van der Waals surface area (Å²) in [5.41, 5.74) is 5.50. The molecular weight excluding hydrogens is 178 g/mol. The molecule has 2 atom stereocenters. The van der Waals surface area contributed by atoms with Gasteiger partial charge in [-0.1, -0.05) is 19.3 Å². The minimum Gasteiger partial charge on any atom is -0.350 e. The summed E-state index contributed by atoms with van der Waals surface area (Å²) in [5, 5.41) is 0. The zero-order valence-corrected chi connectivity index (χ0v) is 8.78. The van der Waals surface area contributed by atoms with E-state index >= 15 is 0 Å². The van der Waals surface area contributed by atoms with Gasteiger partial charge in [0.2, 0.25) is 0 Å². The average Bonchev–Trinajstić information content (AvgIpc) is 2.68. The lowest BCUT2D eigenvalue weighted by molar-refractivity contribution is -0.105. The van der Waals surface area contributed by atoms with Crippen LogP contribution < -0.4 is 5.73 Å². The molecule has 0 bridgehead atoms.